The molecule has 0 radical (unpaired) electrons. The average Bonchev–Trinajstić information content (AvgIpc) is 2.03. The van der Waals surface area contributed by atoms with Crippen molar-refractivity contribution in [3.63, 3.8) is 0 Å². The number of nitrogens with two attached hydrogens (primary N) is 1. The van der Waals surface area contributed by atoms with Crippen LogP contribution in [0.25, 0.3) is 0 Å². The minimum absolute atomic E-state index is 0.305. The Morgan fingerprint density at radius 2 is 2.36 bits per heavy atom. The molecule has 4 nitrogen and oxygen atoms in total. The SMILES string of the molecule is NN(C=O)c1cccc(Cl)n1. The number of nitrogens with zero attached hydrogens (tertiary/aromatic N) is 2. The lowest BCUT2D eigenvalue weighted by atomic mass is 10.5. The van der Waals surface area contributed by atoms with Crippen LogP contribution in [0.2, 0.25) is 5.15 Å². The van der Waals surface area contributed by atoms with Gasteiger partial charge in [0, 0.05) is 0 Å². The molecule has 0 saturated carbocycles. The minimum Gasteiger partial charge on any atom is -0.277 e. The van der Waals surface area contributed by atoms with E-state index in [1.807, 2.05) is 0 Å². The number of aromatic nitrogens is 1. The van der Waals surface area contributed by atoms with Crippen molar-refractivity contribution in [2.24, 2.45) is 5.84 Å². The van der Waals surface area contributed by atoms with E-state index in [0.29, 0.717) is 17.4 Å². The topological polar surface area (TPSA) is 59.2 Å². The summed E-state index contributed by atoms with van der Waals surface area (Å²) < 4.78 is 0. The molecule has 1 aromatic rings. The van der Waals surface area contributed by atoms with Crippen molar-refractivity contribution in [1.29, 1.82) is 0 Å². The molecule has 2 N–H and O–H groups in total. The maximum absolute atomic E-state index is 10.1. The number of rotatable bonds is 2. The third-order valence-corrected chi connectivity index (χ3v) is 1.29. The van der Waals surface area contributed by atoms with E-state index in [0.717, 1.165) is 5.01 Å². The highest BCUT2D eigenvalue weighted by molar-refractivity contribution is 6.29. The van der Waals surface area contributed by atoms with Gasteiger partial charge < -0.3 is 0 Å². The molecule has 0 atom stereocenters. The van der Waals surface area contributed by atoms with Gasteiger partial charge in [0.2, 0.25) is 6.41 Å². The van der Waals surface area contributed by atoms with E-state index in [4.69, 9.17) is 17.4 Å². The Morgan fingerprint density at radius 1 is 1.64 bits per heavy atom. The molecule has 58 valence electrons. The first-order valence-corrected chi connectivity index (χ1v) is 3.23. The van der Waals surface area contributed by atoms with Gasteiger partial charge >= 0.3 is 0 Å². The van der Waals surface area contributed by atoms with Gasteiger partial charge in [-0.1, -0.05) is 17.7 Å². The van der Waals surface area contributed by atoms with Gasteiger partial charge in [0.1, 0.15) is 5.15 Å². The molecule has 1 rings (SSSR count). The molecule has 0 spiro atoms. The third kappa shape index (κ3) is 1.89. The van der Waals surface area contributed by atoms with Crippen LogP contribution in [0.1, 0.15) is 0 Å². The molecule has 0 saturated heterocycles. The summed E-state index contributed by atoms with van der Waals surface area (Å²) >= 11 is 5.54. The van der Waals surface area contributed by atoms with Crippen LogP contribution in [0.3, 0.4) is 0 Å². The molecule has 0 aliphatic rings. The Kier molecular flexibility index (Phi) is 2.40. The number of carbonyl (C=O) groups is 1. The highest BCUT2D eigenvalue weighted by atomic mass is 35.5. The maximum atomic E-state index is 10.1. The fourth-order valence-electron chi connectivity index (χ4n) is 0.595. The lowest BCUT2D eigenvalue weighted by Gasteiger charge is -2.07. The summed E-state index contributed by atoms with van der Waals surface area (Å²) in [5, 5.41) is 1.16. The molecule has 11 heavy (non-hydrogen) atoms. The van der Waals surface area contributed by atoms with E-state index < -0.39 is 0 Å². The highest BCUT2D eigenvalue weighted by Crippen LogP contribution is 2.09. The second-order valence-electron chi connectivity index (χ2n) is 1.83. The van der Waals surface area contributed by atoms with Gasteiger partial charge in [-0.25, -0.2) is 15.8 Å². The van der Waals surface area contributed by atoms with Crippen LogP contribution in [-0.4, -0.2) is 11.4 Å². The van der Waals surface area contributed by atoms with Crippen LogP contribution in [-0.2, 0) is 4.79 Å². The molecule has 1 aromatic heterocycles. The van der Waals surface area contributed by atoms with Crippen molar-refractivity contribution in [1.82, 2.24) is 4.98 Å². The van der Waals surface area contributed by atoms with E-state index in [1.54, 1.807) is 18.2 Å². The average molecular weight is 172 g/mol. The zero-order chi connectivity index (χ0) is 8.27. The summed E-state index contributed by atoms with van der Waals surface area (Å²) in [7, 11) is 0. The zero-order valence-electron chi connectivity index (χ0n) is 5.57. The first-order chi connectivity index (χ1) is 5.24. The molecule has 0 bridgehead atoms. The lowest BCUT2D eigenvalue weighted by Crippen LogP contribution is -2.29. The fraction of sp³-hybridized carbons (Fsp3) is 0. The van der Waals surface area contributed by atoms with Gasteiger partial charge in [-0.3, -0.25) is 4.79 Å². The molecule has 1 heterocycles. The number of anilines is 1. The molecule has 5 heteroatoms. The minimum atomic E-state index is 0.305. The first kappa shape index (κ1) is 7.97. The Morgan fingerprint density at radius 3 is 2.91 bits per heavy atom. The second kappa shape index (κ2) is 3.32. The maximum Gasteiger partial charge on any atom is 0.229 e. The van der Waals surface area contributed by atoms with Gasteiger partial charge in [-0.15, -0.1) is 0 Å². The number of hydrazine groups is 1. The Hall–Kier alpha value is -1.13. The lowest BCUT2D eigenvalue weighted by molar-refractivity contribution is -0.107. The fourth-order valence-corrected chi connectivity index (χ4v) is 0.755. The summed E-state index contributed by atoms with van der Waals surface area (Å²) in [5.74, 6) is 5.53. The van der Waals surface area contributed by atoms with Crippen molar-refractivity contribution in [2.75, 3.05) is 5.01 Å². The Labute approximate surface area is 68.6 Å². The molecule has 0 fully saturated rings. The second-order valence-corrected chi connectivity index (χ2v) is 2.22. The molecule has 1 amide bonds. The smallest absolute Gasteiger partial charge is 0.229 e. The van der Waals surface area contributed by atoms with Crippen molar-refractivity contribution < 1.29 is 4.79 Å². The number of carbonyl (C=O) groups excluding carboxylic acids is 1. The summed E-state index contributed by atoms with van der Waals surface area (Å²) in [6.07, 6.45) is 0.457. The summed E-state index contributed by atoms with van der Waals surface area (Å²) in [4.78, 5) is 13.9. The summed E-state index contributed by atoms with van der Waals surface area (Å²) in [6.45, 7) is 0. The number of halogens is 1. The molecule has 0 aliphatic heterocycles. The molecular weight excluding hydrogens is 166 g/mol. The number of hydrogen-bond donors (Lipinski definition) is 1. The van der Waals surface area contributed by atoms with Gasteiger partial charge in [0.15, 0.2) is 5.82 Å². The Bertz CT molecular complexity index is 266. The molecule has 0 unspecified atom stereocenters. The van der Waals surface area contributed by atoms with E-state index >= 15 is 0 Å². The normalized spacial score (nSPS) is 9.27. The zero-order valence-corrected chi connectivity index (χ0v) is 6.32. The summed E-state index contributed by atoms with van der Waals surface area (Å²) in [5.41, 5.74) is 0. The predicted molar refractivity (Wildman–Crippen MR) is 42.0 cm³/mol. The van der Waals surface area contributed by atoms with Crippen molar-refractivity contribution >= 4 is 23.8 Å². The number of amides is 1. The molecule has 0 aromatic carbocycles. The standard InChI is InChI=1S/C6H6ClN3O/c7-5-2-1-3-6(9-5)10(8)4-11/h1-4H,8H2. The van der Waals surface area contributed by atoms with Gasteiger partial charge in [0.25, 0.3) is 0 Å². The van der Waals surface area contributed by atoms with Crippen LogP contribution < -0.4 is 10.9 Å². The van der Waals surface area contributed by atoms with Gasteiger partial charge in [-0.2, -0.15) is 0 Å². The quantitative estimate of drug-likeness (QED) is 0.233. The van der Waals surface area contributed by atoms with Crippen LogP contribution in [0, 0.1) is 0 Å². The van der Waals surface area contributed by atoms with Gasteiger partial charge in [0.05, 0.1) is 0 Å². The van der Waals surface area contributed by atoms with Crippen molar-refractivity contribution in [3.8, 4) is 0 Å². The summed E-state index contributed by atoms with van der Waals surface area (Å²) in [6, 6.07) is 4.85. The van der Waals surface area contributed by atoms with E-state index in [2.05, 4.69) is 4.98 Å². The van der Waals surface area contributed by atoms with Crippen LogP contribution in [0.15, 0.2) is 18.2 Å². The van der Waals surface area contributed by atoms with Crippen LogP contribution >= 0.6 is 11.6 Å². The number of pyridine rings is 1. The Balaban J connectivity index is 2.95. The van der Waals surface area contributed by atoms with Crippen molar-refractivity contribution in [2.45, 2.75) is 0 Å². The number of hydrogen-bond acceptors (Lipinski definition) is 3. The van der Waals surface area contributed by atoms with Crippen molar-refractivity contribution in [3.05, 3.63) is 23.4 Å². The molecular formula is C6H6ClN3O. The predicted octanol–water partition coefficient (Wildman–Crippen LogP) is 0.571. The van der Waals surface area contributed by atoms with E-state index in [9.17, 15) is 4.79 Å². The van der Waals surface area contributed by atoms with Crippen LogP contribution in [0.4, 0.5) is 5.82 Å². The molecule has 0 aliphatic carbocycles. The first-order valence-electron chi connectivity index (χ1n) is 2.86. The largest absolute Gasteiger partial charge is 0.277 e. The van der Waals surface area contributed by atoms with E-state index in [1.165, 1.54) is 0 Å². The third-order valence-electron chi connectivity index (χ3n) is 1.08. The monoisotopic (exact) mass is 171 g/mol. The van der Waals surface area contributed by atoms with E-state index in [-0.39, 0.29) is 0 Å². The highest BCUT2D eigenvalue weighted by Gasteiger charge is 1.99. The van der Waals surface area contributed by atoms with Crippen LogP contribution in [0.5, 0.6) is 0 Å². The van der Waals surface area contributed by atoms with Gasteiger partial charge in [-0.05, 0) is 12.1 Å².